The summed E-state index contributed by atoms with van der Waals surface area (Å²) in [6, 6.07) is 7.18. The van der Waals surface area contributed by atoms with Crippen LogP contribution in [0, 0.1) is 0 Å². The molecule has 100 valence electrons. The van der Waals surface area contributed by atoms with Gasteiger partial charge in [-0.1, -0.05) is 18.2 Å². The van der Waals surface area contributed by atoms with Gasteiger partial charge < -0.3 is 20.2 Å². The molecule has 0 saturated heterocycles. The first kappa shape index (κ1) is 13.1. The summed E-state index contributed by atoms with van der Waals surface area (Å²) in [4.78, 5) is 25.7. The van der Waals surface area contributed by atoms with E-state index >= 15 is 0 Å². The van der Waals surface area contributed by atoms with E-state index in [1.165, 1.54) is 0 Å². The van der Waals surface area contributed by atoms with Gasteiger partial charge in [0, 0.05) is 16.9 Å². The maximum absolute atomic E-state index is 11.8. The number of para-hydroxylation sites is 1. The number of hydrogen-bond acceptors (Lipinski definition) is 3. The smallest absolute Gasteiger partial charge is 0.224 e. The van der Waals surface area contributed by atoms with Crippen LogP contribution < -0.4 is 10.4 Å². The number of carbonyl (C=O) groups is 2. The van der Waals surface area contributed by atoms with Gasteiger partial charge in [0.25, 0.3) is 0 Å². The number of aromatic amines is 1. The molecule has 1 heterocycles. The molecule has 2 aromatic rings. The minimum absolute atomic E-state index is 0.0177. The maximum Gasteiger partial charge on any atom is 0.224 e. The summed E-state index contributed by atoms with van der Waals surface area (Å²) >= 11 is 0. The van der Waals surface area contributed by atoms with Gasteiger partial charge in [-0.3, -0.25) is 4.79 Å². The van der Waals surface area contributed by atoms with Gasteiger partial charge in [0.2, 0.25) is 5.91 Å². The van der Waals surface area contributed by atoms with Gasteiger partial charge in [0.15, 0.2) is 0 Å². The number of aromatic nitrogens is 1. The van der Waals surface area contributed by atoms with Crippen molar-refractivity contribution in [3.8, 4) is 0 Å². The van der Waals surface area contributed by atoms with Gasteiger partial charge in [-0.2, -0.15) is 0 Å². The fourth-order valence-electron chi connectivity index (χ4n) is 2.09. The topological polar surface area (TPSA) is 85.0 Å². The molecule has 0 bridgehead atoms. The van der Waals surface area contributed by atoms with Crippen LogP contribution in [0.1, 0.15) is 29.9 Å². The van der Waals surface area contributed by atoms with E-state index in [9.17, 15) is 14.7 Å². The number of amides is 1. The van der Waals surface area contributed by atoms with Gasteiger partial charge in [-0.05, 0) is 25.5 Å². The Morgan fingerprint density at radius 2 is 2.00 bits per heavy atom. The Morgan fingerprint density at radius 1 is 1.32 bits per heavy atom. The van der Waals surface area contributed by atoms with Crippen molar-refractivity contribution in [2.75, 3.05) is 0 Å². The third kappa shape index (κ3) is 2.76. The Hall–Kier alpha value is -2.30. The lowest BCUT2D eigenvalue weighted by Crippen LogP contribution is -2.32. The van der Waals surface area contributed by atoms with Crippen molar-refractivity contribution in [1.29, 1.82) is 0 Å². The van der Waals surface area contributed by atoms with Gasteiger partial charge in [-0.25, -0.2) is 0 Å². The second-order valence-corrected chi connectivity index (χ2v) is 4.71. The summed E-state index contributed by atoms with van der Waals surface area (Å²) in [5.74, 6) is -1.51. The molecular formula is C14H15N2O3-. The second kappa shape index (κ2) is 5.14. The number of fused-ring (bicyclic) bond motifs is 1. The van der Waals surface area contributed by atoms with E-state index < -0.39 is 5.97 Å². The summed E-state index contributed by atoms with van der Waals surface area (Å²) in [7, 11) is 0. The SMILES string of the molecule is CC(C)NC(=O)Cc1c(C(=O)[O-])[nH]c2ccccc12. The van der Waals surface area contributed by atoms with Crippen molar-refractivity contribution in [3.05, 3.63) is 35.5 Å². The van der Waals surface area contributed by atoms with Crippen molar-refractivity contribution >= 4 is 22.8 Å². The predicted octanol–water partition coefficient (Wildman–Crippen LogP) is 0.598. The highest BCUT2D eigenvalue weighted by Crippen LogP contribution is 2.22. The van der Waals surface area contributed by atoms with E-state index in [1.807, 2.05) is 13.8 Å². The van der Waals surface area contributed by atoms with Gasteiger partial charge >= 0.3 is 0 Å². The first-order valence-electron chi connectivity index (χ1n) is 6.09. The molecule has 5 heteroatoms. The lowest BCUT2D eigenvalue weighted by atomic mass is 10.1. The second-order valence-electron chi connectivity index (χ2n) is 4.71. The van der Waals surface area contributed by atoms with E-state index in [0.717, 1.165) is 5.39 Å². The summed E-state index contributed by atoms with van der Waals surface area (Å²) in [5, 5.41) is 14.6. The minimum Gasteiger partial charge on any atom is -0.543 e. The van der Waals surface area contributed by atoms with E-state index in [4.69, 9.17) is 0 Å². The monoisotopic (exact) mass is 259 g/mol. The Bertz CT molecular complexity index is 629. The number of carboxylic acid groups (broad SMARTS) is 1. The zero-order valence-electron chi connectivity index (χ0n) is 10.8. The van der Waals surface area contributed by atoms with Crippen LogP contribution in [0.25, 0.3) is 10.9 Å². The number of hydrogen-bond donors (Lipinski definition) is 2. The van der Waals surface area contributed by atoms with Crippen LogP contribution in [-0.2, 0) is 11.2 Å². The molecule has 0 spiro atoms. The summed E-state index contributed by atoms with van der Waals surface area (Å²) in [6.45, 7) is 3.71. The number of nitrogens with one attached hydrogen (secondary N) is 2. The maximum atomic E-state index is 11.8. The van der Waals surface area contributed by atoms with Gasteiger partial charge in [-0.15, -0.1) is 0 Å². The van der Waals surface area contributed by atoms with Crippen molar-refractivity contribution in [1.82, 2.24) is 10.3 Å². The normalized spacial score (nSPS) is 10.9. The number of carboxylic acids is 1. The molecule has 0 fully saturated rings. The van der Waals surface area contributed by atoms with E-state index in [0.29, 0.717) is 11.1 Å². The van der Waals surface area contributed by atoms with Gasteiger partial charge in [0.1, 0.15) is 0 Å². The van der Waals surface area contributed by atoms with E-state index in [-0.39, 0.29) is 24.1 Å². The van der Waals surface area contributed by atoms with Crippen LogP contribution >= 0.6 is 0 Å². The Balaban J connectivity index is 2.42. The van der Waals surface area contributed by atoms with Crippen LogP contribution in [0.15, 0.2) is 24.3 Å². The summed E-state index contributed by atoms with van der Waals surface area (Å²) < 4.78 is 0. The van der Waals surface area contributed by atoms with Crippen molar-refractivity contribution in [2.45, 2.75) is 26.3 Å². The molecule has 1 amide bonds. The lowest BCUT2D eigenvalue weighted by molar-refractivity contribution is -0.255. The zero-order chi connectivity index (χ0) is 14.0. The van der Waals surface area contributed by atoms with Crippen LogP contribution in [0.3, 0.4) is 0 Å². The molecular weight excluding hydrogens is 244 g/mol. The third-order valence-electron chi connectivity index (χ3n) is 2.80. The Kier molecular flexibility index (Phi) is 3.55. The van der Waals surface area contributed by atoms with E-state index in [2.05, 4.69) is 10.3 Å². The molecule has 0 unspecified atom stereocenters. The first-order valence-corrected chi connectivity index (χ1v) is 6.09. The molecule has 2 N–H and O–H groups in total. The molecule has 0 aliphatic rings. The van der Waals surface area contributed by atoms with E-state index in [1.54, 1.807) is 24.3 Å². The molecule has 0 aliphatic carbocycles. The summed E-state index contributed by atoms with van der Waals surface area (Å²) in [6.07, 6.45) is 0.0194. The molecule has 1 aromatic heterocycles. The van der Waals surface area contributed by atoms with Crippen molar-refractivity contribution in [2.24, 2.45) is 0 Å². The first-order chi connectivity index (χ1) is 8.99. The predicted molar refractivity (Wildman–Crippen MR) is 69.6 cm³/mol. The lowest BCUT2D eigenvalue weighted by Gasteiger charge is -2.09. The molecule has 2 rings (SSSR count). The average molecular weight is 259 g/mol. The number of benzene rings is 1. The summed E-state index contributed by atoms with van der Waals surface area (Å²) in [5.41, 5.74) is 1.13. The van der Waals surface area contributed by atoms with Crippen LogP contribution in [0.4, 0.5) is 0 Å². The molecule has 0 atom stereocenters. The largest absolute Gasteiger partial charge is 0.543 e. The molecule has 0 saturated carbocycles. The quantitative estimate of drug-likeness (QED) is 0.843. The van der Waals surface area contributed by atoms with Crippen LogP contribution in [0.5, 0.6) is 0 Å². The van der Waals surface area contributed by atoms with Crippen molar-refractivity contribution < 1.29 is 14.7 Å². The standard InChI is InChI=1S/C14H16N2O3/c1-8(2)15-12(17)7-10-9-5-3-4-6-11(9)16-13(10)14(18)19/h3-6,8,16H,7H2,1-2H3,(H,15,17)(H,18,19)/p-1. The number of carbonyl (C=O) groups excluding carboxylic acids is 2. The van der Waals surface area contributed by atoms with Gasteiger partial charge in [0.05, 0.1) is 18.1 Å². The fourth-order valence-corrected chi connectivity index (χ4v) is 2.09. The third-order valence-corrected chi connectivity index (χ3v) is 2.80. The van der Waals surface area contributed by atoms with Crippen LogP contribution in [-0.4, -0.2) is 22.9 Å². The Morgan fingerprint density at radius 3 is 2.63 bits per heavy atom. The minimum atomic E-state index is -1.30. The van der Waals surface area contributed by atoms with Crippen molar-refractivity contribution in [3.63, 3.8) is 0 Å². The zero-order valence-corrected chi connectivity index (χ0v) is 10.8. The van der Waals surface area contributed by atoms with Crippen LogP contribution in [0.2, 0.25) is 0 Å². The highest BCUT2D eigenvalue weighted by molar-refractivity contribution is 5.99. The molecule has 0 radical (unpaired) electrons. The number of aromatic carboxylic acids is 1. The molecule has 0 aliphatic heterocycles. The molecule has 5 nitrogen and oxygen atoms in total. The highest BCUT2D eigenvalue weighted by Gasteiger charge is 2.15. The number of rotatable bonds is 4. The highest BCUT2D eigenvalue weighted by atomic mass is 16.4. The molecule has 19 heavy (non-hydrogen) atoms. The fraction of sp³-hybridized carbons (Fsp3) is 0.286. The average Bonchev–Trinajstić information content (AvgIpc) is 2.67. The number of H-pyrrole nitrogens is 1. The molecule has 1 aromatic carbocycles. The Labute approximate surface area is 110 Å².